The Bertz CT molecular complexity index is 745. The lowest BCUT2D eigenvalue weighted by Crippen LogP contribution is -2.14. The highest BCUT2D eigenvalue weighted by Crippen LogP contribution is 2.24. The van der Waals surface area contributed by atoms with E-state index in [0.717, 1.165) is 0 Å². The highest BCUT2D eigenvalue weighted by Gasteiger charge is 2.22. The second kappa shape index (κ2) is 5.56. The topological polar surface area (TPSA) is 90.0 Å². The molecule has 3 N–H and O–H groups in total. The number of anilines is 2. The standard InChI is InChI=1S/C11H12FIN4O2S/c1-2-17-6-10(11(14)15-17)20(18,19)16-9-4-3-7(12)5-8(9)13/h3-6,16H,2H2,1H3,(H2,14,15). The zero-order chi connectivity index (χ0) is 14.9. The van der Waals surface area contributed by atoms with Crippen molar-refractivity contribution in [1.82, 2.24) is 9.78 Å². The number of halogens is 2. The maximum atomic E-state index is 13.0. The highest BCUT2D eigenvalue weighted by molar-refractivity contribution is 14.1. The predicted molar refractivity (Wildman–Crippen MR) is 82.2 cm³/mol. The number of benzene rings is 1. The molecule has 0 saturated carbocycles. The van der Waals surface area contributed by atoms with Gasteiger partial charge in [-0.15, -0.1) is 0 Å². The van der Waals surface area contributed by atoms with Crippen molar-refractivity contribution in [2.24, 2.45) is 0 Å². The third kappa shape index (κ3) is 3.03. The molecular formula is C11H12FIN4O2S. The molecule has 0 aliphatic carbocycles. The first kappa shape index (κ1) is 15.0. The molecule has 20 heavy (non-hydrogen) atoms. The molecule has 1 heterocycles. The molecule has 2 aromatic rings. The molecule has 0 saturated heterocycles. The van der Waals surface area contributed by atoms with Gasteiger partial charge in [-0.1, -0.05) is 0 Å². The molecule has 2 rings (SSSR count). The van der Waals surface area contributed by atoms with Gasteiger partial charge in [0.1, 0.15) is 10.7 Å². The molecule has 1 aromatic carbocycles. The van der Waals surface area contributed by atoms with Crippen molar-refractivity contribution in [2.45, 2.75) is 18.4 Å². The quantitative estimate of drug-likeness (QED) is 0.755. The number of sulfonamides is 1. The molecule has 0 radical (unpaired) electrons. The molecule has 0 amide bonds. The molecule has 1 aromatic heterocycles. The van der Waals surface area contributed by atoms with E-state index in [0.29, 0.717) is 10.1 Å². The molecular weight excluding hydrogens is 398 g/mol. The van der Waals surface area contributed by atoms with E-state index in [2.05, 4.69) is 9.82 Å². The van der Waals surface area contributed by atoms with E-state index in [4.69, 9.17) is 5.73 Å². The van der Waals surface area contributed by atoms with Crippen molar-refractivity contribution in [1.29, 1.82) is 0 Å². The number of nitrogen functional groups attached to an aromatic ring is 1. The lowest BCUT2D eigenvalue weighted by atomic mass is 10.3. The minimum atomic E-state index is -3.85. The van der Waals surface area contributed by atoms with Gasteiger partial charge in [0, 0.05) is 16.3 Å². The van der Waals surface area contributed by atoms with Gasteiger partial charge in [0.2, 0.25) is 0 Å². The summed E-state index contributed by atoms with van der Waals surface area (Å²) in [4.78, 5) is -0.0977. The van der Waals surface area contributed by atoms with E-state index in [-0.39, 0.29) is 16.4 Å². The van der Waals surface area contributed by atoms with Gasteiger partial charge in [-0.25, -0.2) is 12.8 Å². The summed E-state index contributed by atoms with van der Waals surface area (Å²) in [7, 11) is -3.85. The summed E-state index contributed by atoms with van der Waals surface area (Å²) in [5.41, 5.74) is 5.89. The SMILES string of the molecule is CCn1cc(S(=O)(=O)Nc2ccc(F)cc2I)c(N)n1. The fraction of sp³-hybridized carbons (Fsp3) is 0.182. The van der Waals surface area contributed by atoms with E-state index in [1.165, 1.54) is 29.1 Å². The molecule has 108 valence electrons. The maximum absolute atomic E-state index is 13.0. The Morgan fingerprint density at radius 3 is 2.75 bits per heavy atom. The summed E-state index contributed by atoms with van der Waals surface area (Å²) in [5.74, 6) is -0.507. The van der Waals surface area contributed by atoms with E-state index in [1.54, 1.807) is 0 Å². The molecule has 9 heteroatoms. The van der Waals surface area contributed by atoms with Gasteiger partial charge in [-0.2, -0.15) is 5.10 Å². The normalized spacial score (nSPS) is 11.6. The third-order valence-electron chi connectivity index (χ3n) is 2.54. The summed E-state index contributed by atoms with van der Waals surface area (Å²) in [5, 5.41) is 3.89. The zero-order valence-corrected chi connectivity index (χ0v) is 13.4. The van der Waals surface area contributed by atoms with Crippen molar-refractivity contribution in [2.75, 3.05) is 10.5 Å². The van der Waals surface area contributed by atoms with Crippen LogP contribution in [0.25, 0.3) is 0 Å². The van der Waals surface area contributed by atoms with Crippen molar-refractivity contribution >= 4 is 44.1 Å². The number of nitrogens with zero attached hydrogens (tertiary/aromatic N) is 2. The second-order valence-electron chi connectivity index (χ2n) is 3.96. The van der Waals surface area contributed by atoms with Crippen molar-refractivity contribution in [3.05, 3.63) is 33.8 Å². The number of nitrogens with two attached hydrogens (primary N) is 1. The van der Waals surface area contributed by atoms with Gasteiger partial charge in [0.25, 0.3) is 10.0 Å². The smallest absolute Gasteiger partial charge is 0.267 e. The summed E-state index contributed by atoms with van der Waals surface area (Å²) < 4.78 is 41.8. The summed E-state index contributed by atoms with van der Waals surface area (Å²) >= 11 is 1.85. The van der Waals surface area contributed by atoms with Crippen molar-refractivity contribution in [3.8, 4) is 0 Å². The predicted octanol–water partition coefficient (Wildman–Crippen LogP) is 2.03. The molecule has 0 aliphatic rings. The van der Waals surface area contributed by atoms with Crippen LogP contribution >= 0.6 is 22.6 Å². The molecule has 0 atom stereocenters. The Kier molecular flexibility index (Phi) is 4.18. The number of aromatic nitrogens is 2. The zero-order valence-electron chi connectivity index (χ0n) is 10.5. The highest BCUT2D eigenvalue weighted by atomic mass is 127. The van der Waals surface area contributed by atoms with Gasteiger partial charge in [0.05, 0.1) is 5.69 Å². The molecule has 0 aliphatic heterocycles. The first-order valence-corrected chi connectivity index (χ1v) is 8.20. The van der Waals surface area contributed by atoms with Gasteiger partial charge >= 0.3 is 0 Å². The molecule has 0 bridgehead atoms. The number of aryl methyl sites for hydroxylation is 1. The Labute approximate surface area is 129 Å². The van der Waals surface area contributed by atoms with Crippen LogP contribution in [0.1, 0.15) is 6.92 Å². The van der Waals surface area contributed by atoms with Crippen LogP contribution in [0.5, 0.6) is 0 Å². The fourth-order valence-electron chi connectivity index (χ4n) is 1.56. The molecule has 0 unspecified atom stereocenters. The lowest BCUT2D eigenvalue weighted by Gasteiger charge is -2.08. The maximum Gasteiger partial charge on any atom is 0.267 e. The molecule has 6 nitrogen and oxygen atoms in total. The van der Waals surface area contributed by atoms with Crippen molar-refractivity contribution < 1.29 is 12.8 Å². The average Bonchev–Trinajstić information content (AvgIpc) is 2.75. The Morgan fingerprint density at radius 2 is 2.20 bits per heavy atom. The van der Waals surface area contributed by atoms with Gasteiger partial charge < -0.3 is 5.73 Å². The van der Waals surface area contributed by atoms with E-state index in [1.807, 2.05) is 29.5 Å². The van der Waals surface area contributed by atoms with Crippen LogP contribution in [0.4, 0.5) is 15.9 Å². The summed E-state index contributed by atoms with van der Waals surface area (Å²) in [6.45, 7) is 2.33. The lowest BCUT2D eigenvalue weighted by molar-refractivity contribution is 0.600. The molecule has 0 fully saturated rings. The van der Waals surface area contributed by atoms with Crippen LogP contribution in [0.3, 0.4) is 0 Å². The van der Waals surface area contributed by atoms with Crippen LogP contribution < -0.4 is 10.5 Å². The van der Waals surface area contributed by atoms with Gasteiger partial charge in [-0.3, -0.25) is 9.40 Å². The number of nitrogens with one attached hydrogen (secondary N) is 1. The Balaban J connectivity index is 2.38. The number of rotatable bonds is 4. The summed E-state index contributed by atoms with van der Waals surface area (Å²) in [6, 6.07) is 3.77. The summed E-state index contributed by atoms with van der Waals surface area (Å²) in [6.07, 6.45) is 1.36. The van der Waals surface area contributed by atoms with Gasteiger partial charge in [-0.05, 0) is 47.7 Å². The fourth-order valence-corrected chi connectivity index (χ4v) is 3.51. The van der Waals surface area contributed by atoms with Crippen LogP contribution in [-0.2, 0) is 16.6 Å². The van der Waals surface area contributed by atoms with Crippen LogP contribution in [0.15, 0.2) is 29.3 Å². The average molecular weight is 410 g/mol. The first-order valence-electron chi connectivity index (χ1n) is 5.64. The minimum Gasteiger partial charge on any atom is -0.381 e. The molecule has 0 spiro atoms. The van der Waals surface area contributed by atoms with Crippen LogP contribution in [0.2, 0.25) is 0 Å². The first-order chi connectivity index (χ1) is 9.33. The monoisotopic (exact) mass is 410 g/mol. The van der Waals surface area contributed by atoms with Crippen LogP contribution in [-0.4, -0.2) is 18.2 Å². The second-order valence-corrected chi connectivity index (χ2v) is 6.78. The third-order valence-corrected chi connectivity index (χ3v) is 4.82. The number of hydrogen-bond acceptors (Lipinski definition) is 4. The minimum absolute atomic E-state index is 0.0727. The Hall–Kier alpha value is -1.36. The Morgan fingerprint density at radius 1 is 1.50 bits per heavy atom. The largest absolute Gasteiger partial charge is 0.381 e. The van der Waals surface area contributed by atoms with Crippen LogP contribution in [0, 0.1) is 9.39 Å². The van der Waals surface area contributed by atoms with Crippen molar-refractivity contribution in [3.63, 3.8) is 0 Å². The van der Waals surface area contributed by atoms with Gasteiger partial charge in [0.15, 0.2) is 5.82 Å². The number of hydrogen-bond donors (Lipinski definition) is 2. The van der Waals surface area contributed by atoms with E-state index in [9.17, 15) is 12.8 Å². The van der Waals surface area contributed by atoms with E-state index < -0.39 is 15.8 Å². The van der Waals surface area contributed by atoms with E-state index >= 15 is 0 Å².